The number of piperidine rings is 1. The van der Waals surface area contributed by atoms with Crippen LogP contribution in [0.1, 0.15) is 32.7 Å². The van der Waals surface area contributed by atoms with Gasteiger partial charge >= 0.3 is 0 Å². The third-order valence-electron chi connectivity index (χ3n) is 8.53. The summed E-state index contributed by atoms with van der Waals surface area (Å²) in [6.07, 6.45) is 4.84. The van der Waals surface area contributed by atoms with Crippen molar-refractivity contribution in [3.05, 3.63) is 78.3 Å². The molecule has 2 saturated heterocycles. The lowest BCUT2D eigenvalue weighted by molar-refractivity contribution is -0.128. The minimum Gasteiger partial charge on any atom is -0.457 e. The van der Waals surface area contributed by atoms with Gasteiger partial charge < -0.3 is 20.1 Å². The fourth-order valence-electron chi connectivity index (χ4n) is 6.19. The number of halogens is 1. The summed E-state index contributed by atoms with van der Waals surface area (Å²) in [6.45, 7) is 7.61. The van der Waals surface area contributed by atoms with E-state index in [1.807, 2.05) is 36.7 Å². The summed E-state index contributed by atoms with van der Waals surface area (Å²) >= 11 is 0. The first-order valence-electron chi connectivity index (χ1n) is 15.2. The van der Waals surface area contributed by atoms with Gasteiger partial charge in [-0.2, -0.15) is 10.4 Å². The van der Waals surface area contributed by atoms with E-state index < -0.39 is 11.4 Å². The number of fused-ring (bicyclic) bond motifs is 1. The number of rotatable bonds is 7. The van der Waals surface area contributed by atoms with Gasteiger partial charge in [-0.3, -0.25) is 14.4 Å². The minimum atomic E-state index is -0.509. The predicted octanol–water partition coefficient (Wildman–Crippen LogP) is 5.34. The van der Waals surface area contributed by atoms with Crippen molar-refractivity contribution in [2.24, 2.45) is 0 Å². The Bertz CT molecular complexity index is 1770. The zero-order valence-corrected chi connectivity index (χ0v) is 25.4. The Morgan fingerprint density at radius 1 is 1.13 bits per heavy atom. The number of hydrogen-bond acceptors (Lipinski definition) is 8. The number of nitrogen functional groups attached to an aromatic ring is 1. The number of hydrogen-bond donors (Lipinski definition) is 1. The Morgan fingerprint density at radius 2 is 1.91 bits per heavy atom. The van der Waals surface area contributed by atoms with Gasteiger partial charge in [-0.05, 0) is 63.1 Å². The van der Waals surface area contributed by atoms with Gasteiger partial charge in [0.25, 0.3) is 5.91 Å². The second kappa shape index (κ2) is 12.7. The van der Waals surface area contributed by atoms with Crippen LogP contribution >= 0.6 is 0 Å². The maximum Gasteiger partial charge on any atom is 0.264 e. The van der Waals surface area contributed by atoms with Crippen molar-refractivity contribution in [2.75, 3.05) is 45.1 Å². The van der Waals surface area contributed by atoms with Crippen LogP contribution in [0.4, 0.5) is 10.2 Å². The number of anilines is 1. The molecule has 0 aliphatic carbocycles. The van der Waals surface area contributed by atoms with Gasteiger partial charge in [-0.1, -0.05) is 18.2 Å². The number of para-hydroxylation sites is 1. The van der Waals surface area contributed by atoms with Gasteiger partial charge in [-0.25, -0.2) is 9.37 Å². The van der Waals surface area contributed by atoms with Gasteiger partial charge in [-0.15, -0.1) is 0 Å². The first kappa shape index (κ1) is 30.2. The lowest BCUT2D eigenvalue weighted by Gasteiger charge is -2.39. The zero-order chi connectivity index (χ0) is 31.6. The molecule has 2 aliphatic heterocycles. The number of ether oxygens (including phenoxy) is 2. The highest BCUT2D eigenvalue weighted by molar-refractivity contribution is 6.00. The fourth-order valence-corrected chi connectivity index (χ4v) is 6.19. The van der Waals surface area contributed by atoms with Crippen LogP contribution < -0.4 is 10.5 Å². The number of nitrogens with zero attached hydrogens (tertiary/aromatic N) is 6. The van der Waals surface area contributed by atoms with Gasteiger partial charge in [0.05, 0.1) is 30.2 Å². The third kappa shape index (κ3) is 6.25. The van der Waals surface area contributed by atoms with Crippen molar-refractivity contribution in [1.82, 2.24) is 24.6 Å². The van der Waals surface area contributed by atoms with Crippen LogP contribution in [-0.4, -0.2) is 75.4 Å². The Morgan fingerprint density at radius 3 is 2.64 bits per heavy atom. The number of nitriles is 1. The number of amides is 1. The highest BCUT2D eigenvalue weighted by Gasteiger charge is 2.32. The van der Waals surface area contributed by atoms with Crippen LogP contribution in [0.3, 0.4) is 0 Å². The maximum absolute atomic E-state index is 15.6. The van der Waals surface area contributed by atoms with Gasteiger partial charge in [0.1, 0.15) is 40.5 Å². The van der Waals surface area contributed by atoms with Gasteiger partial charge in [0.2, 0.25) is 0 Å². The SMILES string of the molecule is CC(C)(/C=C(/C#N)C(=O)N1CCC[C@@H](n2nc(-c3ccc(Oc4ccccc4)cc3F)c3c(N)nccc32)C1)N1CCOCC1. The largest absolute Gasteiger partial charge is 0.457 e. The van der Waals surface area contributed by atoms with Crippen LogP contribution in [0.5, 0.6) is 11.5 Å². The summed E-state index contributed by atoms with van der Waals surface area (Å²) in [7, 11) is 0. The van der Waals surface area contributed by atoms with E-state index in [9.17, 15) is 10.1 Å². The number of carbonyl (C=O) groups excluding carboxylic acids is 1. The van der Waals surface area contributed by atoms with E-state index >= 15 is 4.39 Å². The second-order valence-corrected chi connectivity index (χ2v) is 11.9. The van der Waals surface area contributed by atoms with Crippen molar-refractivity contribution in [3.8, 4) is 28.8 Å². The monoisotopic (exact) mass is 609 g/mol. The summed E-state index contributed by atoms with van der Waals surface area (Å²) in [6, 6.07) is 17.6. The molecule has 45 heavy (non-hydrogen) atoms. The standard InChI is InChI=1S/C34H36FN7O3/c1-34(2,41-15-17-44-18-16-41)20-23(21-36)33(43)40-14-6-7-24(22-40)42-29-12-13-38-32(37)30(29)31(39-42)27-11-10-26(19-28(27)35)45-25-8-4-3-5-9-25/h3-5,8-13,19-20,24H,6-7,14-18,22H2,1-2H3,(H2,37,38)/b23-20-/t24-/m1/s1. The number of likely N-dealkylation sites (tertiary alicyclic amines) is 1. The molecular weight excluding hydrogens is 573 g/mol. The molecule has 0 spiro atoms. The molecule has 0 saturated carbocycles. The fraction of sp³-hybridized carbons (Fsp3) is 0.353. The molecule has 2 aromatic heterocycles. The maximum atomic E-state index is 15.6. The van der Waals surface area contributed by atoms with Crippen LogP contribution in [0.15, 0.2) is 72.4 Å². The summed E-state index contributed by atoms with van der Waals surface area (Å²) < 4.78 is 28.7. The van der Waals surface area contributed by atoms with Crippen molar-refractivity contribution < 1.29 is 18.7 Å². The molecule has 4 aromatic rings. The van der Waals surface area contributed by atoms with Gasteiger partial charge in [0.15, 0.2) is 0 Å². The van der Waals surface area contributed by atoms with Crippen molar-refractivity contribution >= 4 is 22.6 Å². The summed E-state index contributed by atoms with van der Waals surface area (Å²) in [5.74, 6) is 0.383. The normalized spacial score (nSPS) is 18.1. The Kier molecular flexibility index (Phi) is 8.52. The van der Waals surface area contributed by atoms with Crippen LogP contribution in [0.25, 0.3) is 22.2 Å². The first-order valence-corrected chi connectivity index (χ1v) is 15.2. The smallest absolute Gasteiger partial charge is 0.264 e. The van der Waals surface area contributed by atoms with Gasteiger partial charge in [0, 0.05) is 49.5 Å². The highest BCUT2D eigenvalue weighted by atomic mass is 19.1. The zero-order valence-electron chi connectivity index (χ0n) is 25.4. The molecule has 2 N–H and O–H groups in total. The van der Waals surface area contributed by atoms with Crippen molar-refractivity contribution in [3.63, 3.8) is 0 Å². The average Bonchev–Trinajstić information content (AvgIpc) is 3.45. The summed E-state index contributed by atoms with van der Waals surface area (Å²) in [4.78, 5) is 21.9. The number of aromatic nitrogens is 3. The number of carbonyl (C=O) groups is 1. The van der Waals surface area contributed by atoms with E-state index in [-0.39, 0.29) is 28.9 Å². The molecule has 4 heterocycles. The predicted molar refractivity (Wildman–Crippen MR) is 169 cm³/mol. The molecule has 11 heteroatoms. The van der Waals surface area contributed by atoms with Crippen molar-refractivity contribution in [2.45, 2.75) is 38.3 Å². The average molecular weight is 610 g/mol. The van der Waals surface area contributed by atoms with E-state index in [0.717, 1.165) is 25.9 Å². The molecule has 6 rings (SSSR count). The molecule has 2 aliphatic rings. The van der Waals surface area contributed by atoms with E-state index in [1.165, 1.54) is 6.07 Å². The first-order chi connectivity index (χ1) is 21.7. The Hall–Kier alpha value is -4.79. The van der Waals surface area contributed by atoms with E-state index in [0.29, 0.717) is 54.4 Å². The third-order valence-corrected chi connectivity index (χ3v) is 8.53. The number of nitrogens with two attached hydrogens (primary N) is 1. The number of benzene rings is 2. The highest BCUT2D eigenvalue weighted by Crippen LogP contribution is 2.37. The summed E-state index contributed by atoms with van der Waals surface area (Å²) in [5, 5.41) is 15.4. The molecule has 1 amide bonds. The molecule has 2 fully saturated rings. The lowest BCUT2D eigenvalue weighted by atomic mass is 9.97. The molecule has 2 aromatic carbocycles. The number of pyridine rings is 1. The van der Waals surface area contributed by atoms with E-state index in [2.05, 4.69) is 16.0 Å². The Labute approximate surface area is 261 Å². The molecule has 0 radical (unpaired) electrons. The lowest BCUT2D eigenvalue weighted by Crippen LogP contribution is -2.49. The Balaban J connectivity index is 1.28. The molecule has 0 unspecified atom stereocenters. The molecule has 1 atom stereocenters. The van der Waals surface area contributed by atoms with Crippen molar-refractivity contribution in [1.29, 1.82) is 5.26 Å². The van der Waals surface area contributed by atoms with E-state index in [1.54, 1.807) is 47.5 Å². The number of morpholine rings is 1. The minimum absolute atomic E-state index is 0.117. The molecule has 232 valence electrons. The second-order valence-electron chi connectivity index (χ2n) is 11.9. The van der Waals surface area contributed by atoms with Crippen LogP contribution in [0.2, 0.25) is 0 Å². The topological polar surface area (TPSA) is 123 Å². The van der Waals surface area contributed by atoms with Crippen LogP contribution in [-0.2, 0) is 9.53 Å². The molecule has 10 nitrogen and oxygen atoms in total. The van der Waals surface area contributed by atoms with E-state index in [4.69, 9.17) is 20.3 Å². The summed E-state index contributed by atoms with van der Waals surface area (Å²) in [5.41, 5.74) is 7.31. The quantitative estimate of drug-likeness (QED) is 0.220. The molecule has 0 bridgehead atoms. The van der Waals surface area contributed by atoms with Crippen LogP contribution in [0, 0.1) is 17.1 Å². The molecular formula is C34H36FN7O3.